The third-order valence-electron chi connectivity index (χ3n) is 2.11. The first-order chi connectivity index (χ1) is 6.38. The molecule has 0 aliphatic carbocycles. The lowest BCUT2D eigenvalue weighted by Gasteiger charge is -1.95. The van der Waals surface area contributed by atoms with Gasteiger partial charge in [-0.2, -0.15) is 4.31 Å². The summed E-state index contributed by atoms with van der Waals surface area (Å²) in [5.41, 5.74) is 0. The number of rotatable bonds is 3. The number of carbonyl (C=O) groups excluding carboxylic acids is 1. The van der Waals surface area contributed by atoms with Crippen LogP contribution in [-0.2, 0) is 19.6 Å². The Kier molecular flexibility index (Phi) is 2.96. The van der Waals surface area contributed by atoms with Gasteiger partial charge in [-0.1, -0.05) is 6.08 Å². The molecule has 5 nitrogen and oxygen atoms in total. The molecule has 6 heteroatoms. The zero-order valence-electron chi connectivity index (χ0n) is 8.30. The Morgan fingerprint density at radius 2 is 2.07 bits per heavy atom. The van der Waals surface area contributed by atoms with Crippen LogP contribution in [-0.4, -0.2) is 44.1 Å². The van der Waals surface area contributed by atoms with Crippen molar-refractivity contribution in [3.63, 3.8) is 0 Å². The van der Waals surface area contributed by atoms with Gasteiger partial charge in [-0.15, -0.1) is 0 Å². The van der Waals surface area contributed by atoms with Gasteiger partial charge < -0.3 is 4.74 Å². The van der Waals surface area contributed by atoms with Crippen LogP contribution in [0.4, 0.5) is 0 Å². The number of nitrogens with zero attached hydrogens (tertiary/aromatic N) is 1. The lowest BCUT2D eigenvalue weighted by atomic mass is 10.3. The molecule has 0 N–H and O–H groups in total. The molecule has 1 aliphatic rings. The summed E-state index contributed by atoms with van der Waals surface area (Å²) in [5, 5.41) is 0. The normalized spacial score (nSPS) is 31.8. The summed E-state index contributed by atoms with van der Waals surface area (Å²) in [7, 11) is -1.88. The van der Waals surface area contributed by atoms with Gasteiger partial charge in [-0.3, -0.25) is 0 Å². The summed E-state index contributed by atoms with van der Waals surface area (Å²) in [6.07, 6.45) is 3.93. The van der Waals surface area contributed by atoms with Gasteiger partial charge >= 0.3 is 5.97 Å². The molecular weight excluding hydrogens is 206 g/mol. The summed E-state index contributed by atoms with van der Waals surface area (Å²) in [5.74, 6) is -0.474. The van der Waals surface area contributed by atoms with E-state index in [1.807, 2.05) is 0 Å². The van der Waals surface area contributed by atoms with Crippen LogP contribution in [0.15, 0.2) is 12.2 Å². The first kappa shape index (κ1) is 11.2. The van der Waals surface area contributed by atoms with E-state index >= 15 is 0 Å². The minimum atomic E-state index is -3.15. The molecule has 0 amide bonds. The predicted octanol–water partition coefficient (Wildman–Crippen LogP) is -0.252. The topological polar surface area (TPSA) is 63.5 Å². The molecule has 1 rings (SSSR count). The summed E-state index contributed by atoms with van der Waals surface area (Å²) >= 11 is 0. The molecule has 0 aromatic rings. The van der Waals surface area contributed by atoms with Gasteiger partial charge in [0, 0.05) is 12.1 Å². The van der Waals surface area contributed by atoms with Gasteiger partial charge in [-0.25, -0.2) is 13.2 Å². The Balaban J connectivity index is 2.60. The van der Waals surface area contributed by atoms with Crippen molar-refractivity contribution in [2.24, 2.45) is 0 Å². The molecule has 80 valence electrons. The van der Waals surface area contributed by atoms with E-state index in [2.05, 4.69) is 4.74 Å². The van der Waals surface area contributed by atoms with Crippen LogP contribution in [0.3, 0.4) is 0 Å². The summed E-state index contributed by atoms with van der Waals surface area (Å²) in [6.45, 7) is 1.79. The SMILES string of the molecule is COC(=O)/C=C\[C@@H]1[C@H](C)N1S(C)(=O)=O. The number of hydrogen-bond donors (Lipinski definition) is 0. The fourth-order valence-electron chi connectivity index (χ4n) is 1.36. The van der Waals surface area contributed by atoms with E-state index in [4.69, 9.17) is 0 Å². The molecule has 0 aromatic heterocycles. The Bertz CT molecular complexity index is 360. The highest BCUT2D eigenvalue weighted by Gasteiger charge is 2.48. The Labute approximate surface area is 83.4 Å². The van der Waals surface area contributed by atoms with Crippen LogP contribution in [0.2, 0.25) is 0 Å². The van der Waals surface area contributed by atoms with Crippen LogP contribution in [0.1, 0.15) is 6.92 Å². The molecule has 0 bridgehead atoms. The molecular formula is C8H13NO4S. The maximum atomic E-state index is 11.1. The molecule has 1 aliphatic heterocycles. The van der Waals surface area contributed by atoms with Crippen LogP contribution < -0.4 is 0 Å². The highest BCUT2D eigenvalue weighted by atomic mass is 32.2. The van der Waals surface area contributed by atoms with E-state index in [0.717, 1.165) is 6.26 Å². The largest absolute Gasteiger partial charge is 0.466 e. The molecule has 14 heavy (non-hydrogen) atoms. The third-order valence-corrected chi connectivity index (χ3v) is 3.46. The molecule has 1 fully saturated rings. The minimum absolute atomic E-state index is 0.0640. The zero-order valence-corrected chi connectivity index (χ0v) is 9.11. The Hall–Kier alpha value is -0.880. The summed E-state index contributed by atoms with van der Waals surface area (Å²) in [6, 6.07) is -0.269. The lowest BCUT2D eigenvalue weighted by molar-refractivity contribution is -0.134. The van der Waals surface area contributed by atoms with Crippen molar-refractivity contribution in [3.8, 4) is 0 Å². The standard InChI is InChI=1S/C8H13NO4S/c1-6-7(4-5-8(10)13-2)9(6)14(3,11)12/h4-7H,1-3H3/b5-4-/t6-,7+,9?/m0/s1. The maximum Gasteiger partial charge on any atom is 0.330 e. The molecule has 3 atom stereocenters. The number of carbonyl (C=O) groups is 1. The van der Waals surface area contributed by atoms with Crippen molar-refractivity contribution >= 4 is 16.0 Å². The quantitative estimate of drug-likeness (QED) is 0.373. The fourth-order valence-corrected chi connectivity index (χ4v) is 2.72. The van der Waals surface area contributed by atoms with Gasteiger partial charge in [-0.05, 0) is 6.92 Å². The number of esters is 1. The number of methoxy groups -OCH3 is 1. The van der Waals surface area contributed by atoms with Crippen molar-refractivity contribution in [1.29, 1.82) is 0 Å². The average Bonchev–Trinajstić information content (AvgIpc) is 2.71. The second kappa shape index (κ2) is 3.70. The highest BCUT2D eigenvalue weighted by Crippen LogP contribution is 2.31. The lowest BCUT2D eigenvalue weighted by Crippen LogP contribution is -2.12. The monoisotopic (exact) mass is 219 g/mol. The molecule has 0 aromatic carbocycles. The summed E-state index contributed by atoms with van der Waals surface area (Å²) < 4.78 is 27.9. The van der Waals surface area contributed by atoms with E-state index in [0.29, 0.717) is 0 Å². The van der Waals surface area contributed by atoms with Gasteiger partial charge in [0.25, 0.3) is 0 Å². The second-order valence-electron chi connectivity index (χ2n) is 3.21. The van der Waals surface area contributed by atoms with E-state index < -0.39 is 16.0 Å². The van der Waals surface area contributed by atoms with Gasteiger partial charge in [0.15, 0.2) is 0 Å². The van der Waals surface area contributed by atoms with Gasteiger partial charge in [0.05, 0.1) is 19.4 Å². The molecule has 1 saturated heterocycles. The maximum absolute atomic E-state index is 11.1. The first-order valence-corrected chi connectivity index (χ1v) is 5.97. The predicted molar refractivity (Wildman–Crippen MR) is 51.1 cm³/mol. The molecule has 1 unspecified atom stereocenters. The average molecular weight is 219 g/mol. The van der Waals surface area contributed by atoms with Crippen molar-refractivity contribution in [1.82, 2.24) is 4.31 Å². The van der Waals surface area contributed by atoms with Crippen molar-refractivity contribution in [2.45, 2.75) is 19.0 Å². The van der Waals surface area contributed by atoms with Crippen LogP contribution in [0.5, 0.6) is 0 Å². The number of hydrogen-bond acceptors (Lipinski definition) is 4. The highest BCUT2D eigenvalue weighted by molar-refractivity contribution is 7.88. The van der Waals surface area contributed by atoms with Crippen molar-refractivity contribution in [2.75, 3.05) is 13.4 Å². The number of ether oxygens (including phenoxy) is 1. The van der Waals surface area contributed by atoms with Gasteiger partial charge in [0.1, 0.15) is 0 Å². The molecule has 0 saturated carbocycles. The molecule has 1 heterocycles. The van der Waals surface area contributed by atoms with E-state index in [1.165, 1.54) is 23.6 Å². The van der Waals surface area contributed by atoms with Crippen LogP contribution in [0, 0.1) is 0 Å². The third kappa shape index (κ3) is 2.33. The van der Waals surface area contributed by atoms with Crippen molar-refractivity contribution < 1.29 is 17.9 Å². The minimum Gasteiger partial charge on any atom is -0.466 e. The molecule has 0 spiro atoms. The number of sulfonamides is 1. The first-order valence-electron chi connectivity index (χ1n) is 4.12. The zero-order chi connectivity index (χ0) is 10.9. The van der Waals surface area contributed by atoms with Crippen LogP contribution >= 0.6 is 0 Å². The van der Waals surface area contributed by atoms with E-state index in [1.54, 1.807) is 6.92 Å². The van der Waals surface area contributed by atoms with Crippen molar-refractivity contribution in [3.05, 3.63) is 12.2 Å². The molecule has 0 radical (unpaired) electrons. The van der Waals surface area contributed by atoms with Gasteiger partial charge in [0.2, 0.25) is 10.0 Å². The van der Waals surface area contributed by atoms with Crippen LogP contribution in [0.25, 0.3) is 0 Å². The smallest absolute Gasteiger partial charge is 0.330 e. The Morgan fingerprint density at radius 1 is 1.50 bits per heavy atom. The van der Waals surface area contributed by atoms with E-state index in [9.17, 15) is 13.2 Å². The fraction of sp³-hybridized carbons (Fsp3) is 0.625. The summed E-state index contributed by atoms with van der Waals surface area (Å²) in [4.78, 5) is 10.7. The van der Waals surface area contributed by atoms with E-state index in [-0.39, 0.29) is 12.1 Å². The Morgan fingerprint density at radius 3 is 2.43 bits per heavy atom. The second-order valence-corrected chi connectivity index (χ2v) is 5.09.